The molecule has 19 heavy (non-hydrogen) atoms. The summed E-state index contributed by atoms with van der Waals surface area (Å²) in [5, 5.41) is 0. The summed E-state index contributed by atoms with van der Waals surface area (Å²) in [4.78, 5) is 2.41. The van der Waals surface area contributed by atoms with E-state index in [4.69, 9.17) is 4.74 Å². The van der Waals surface area contributed by atoms with Crippen LogP contribution in [0.5, 0.6) is 5.75 Å². The maximum Gasteiger partial charge on any atom is 0.120 e. The van der Waals surface area contributed by atoms with Crippen LogP contribution >= 0.6 is 15.9 Å². The van der Waals surface area contributed by atoms with Gasteiger partial charge in [0.25, 0.3) is 0 Å². The van der Waals surface area contributed by atoms with Crippen molar-refractivity contribution in [2.75, 3.05) is 26.7 Å². The average Bonchev–Trinajstić information content (AvgIpc) is 2.40. The fourth-order valence-corrected chi connectivity index (χ4v) is 3.16. The molecule has 1 aromatic rings. The number of likely N-dealkylation sites (N-methyl/N-ethyl adjacent to an activating group) is 1. The first-order valence-corrected chi connectivity index (χ1v) is 8.10. The lowest BCUT2D eigenvalue weighted by atomic mass is 9.89. The largest absolute Gasteiger partial charge is 0.492 e. The molecular weight excluding hydrogens is 302 g/mol. The zero-order chi connectivity index (χ0) is 13.5. The molecule has 0 atom stereocenters. The van der Waals surface area contributed by atoms with Crippen molar-refractivity contribution in [2.45, 2.75) is 32.1 Å². The van der Waals surface area contributed by atoms with E-state index < -0.39 is 0 Å². The van der Waals surface area contributed by atoms with Gasteiger partial charge in [-0.2, -0.15) is 0 Å². The number of nitrogens with zero attached hydrogens (tertiary/aromatic N) is 1. The summed E-state index contributed by atoms with van der Waals surface area (Å²) in [5.41, 5.74) is 0. The summed E-state index contributed by atoms with van der Waals surface area (Å²) < 4.78 is 6.84. The van der Waals surface area contributed by atoms with E-state index in [-0.39, 0.29) is 0 Å². The van der Waals surface area contributed by atoms with Crippen LogP contribution < -0.4 is 4.74 Å². The zero-order valence-corrected chi connectivity index (χ0v) is 13.4. The number of benzene rings is 1. The first kappa shape index (κ1) is 14.9. The number of hydrogen-bond acceptors (Lipinski definition) is 2. The van der Waals surface area contributed by atoms with Crippen LogP contribution in [0, 0.1) is 5.92 Å². The Labute approximate surface area is 125 Å². The Kier molecular flexibility index (Phi) is 6.18. The first-order chi connectivity index (χ1) is 9.24. The number of rotatable bonds is 6. The van der Waals surface area contributed by atoms with E-state index in [1.807, 2.05) is 24.3 Å². The highest BCUT2D eigenvalue weighted by Gasteiger charge is 2.15. The molecule has 106 valence electrons. The highest BCUT2D eigenvalue weighted by Crippen LogP contribution is 2.24. The molecule has 1 aliphatic rings. The van der Waals surface area contributed by atoms with Crippen molar-refractivity contribution in [3.8, 4) is 5.75 Å². The van der Waals surface area contributed by atoms with Crippen LogP contribution in [0.25, 0.3) is 0 Å². The number of hydrogen-bond donors (Lipinski definition) is 0. The fourth-order valence-electron chi connectivity index (χ4n) is 2.78. The summed E-state index contributed by atoms with van der Waals surface area (Å²) >= 11 is 3.46. The van der Waals surface area contributed by atoms with Crippen LogP contribution in [0.15, 0.2) is 28.7 Å². The Morgan fingerprint density at radius 1 is 1.26 bits per heavy atom. The van der Waals surface area contributed by atoms with Crippen molar-refractivity contribution in [1.82, 2.24) is 4.90 Å². The van der Waals surface area contributed by atoms with E-state index in [0.717, 1.165) is 29.3 Å². The van der Waals surface area contributed by atoms with E-state index in [1.165, 1.54) is 38.6 Å². The van der Waals surface area contributed by atoms with Crippen LogP contribution in [-0.2, 0) is 0 Å². The molecule has 2 nitrogen and oxygen atoms in total. The second-order valence-corrected chi connectivity index (χ2v) is 6.49. The standard InChI is InChI=1S/C16H24BrNO/c1-18(13-14-6-3-2-4-7-14)10-11-19-16-9-5-8-15(17)12-16/h5,8-9,12,14H,2-4,6-7,10-11,13H2,1H3. The minimum atomic E-state index is 0.764. The Morgan fingerprint density at radius 2 is 2.05 bits per heavy atom. The van der Waals surface area contributed by atoms with E-state index in [9.17, 15) is 0 Å². The molecule has 0 N–H and O–H groups in total. The van der Waals surface area contributed by atoms with Crippen LogP contribution in [0.2, 0.25) is 0 Å². The molecule has 3 heteroatoms. The molecule has 0 bridgehead atoms. The Hall–Kier alpha value is -0.540. The second-order valence-electron chi connectivity index (χ2n) is 5.57. The lowest BCUT2D eigenvalue weighted by molar-refractivity contribution is 0.195. The van der Waals surface area contributed by atoms with Crippen LogP contribution in [0.4, 0.5) is 0 Å². The Morgan fingerprint density at radius 3 is 2.79 bits per heavy atom. The number of halogens is 1. The summed E-state index contributed by atoms with van der Waals surface area (Å²) in [7, 11) is 2.21. The molecule has 1 fully saturated rings. The molecule has 0 saturated heterocycles. The zero-order valence-electron chi connectivity index (χ0n) is 11.8. The molecule has 0 amide bonds. The van der Waals surface area contributed by atoms with Gasteiger partial charge in [0.05, 0.1) is 0 Å². The first-order valence-electron chi connectivity index (χ1n) is 7.31. The molecule has 0 unspecified atom stereocenters. The van der Waals surface area contributed by atoms with Crippen molar-refractivity contribution in [3.63, 3.8) is 0 Å². The topological polar surface area (TPSA) is 12.5 Å². The lowest BCUT2D eigenvalue weighted by Crippen LogP contribution is -2.30. The van der Waals surface area contributed by atoms with Gasteiger partial charge in [-0.25, -0.2) is 0 Å². The number of ether oxygens (including phenoxy) is 1. The van der Waals surface area contributed by atoms with Crippen molar-refractivity contribution in [3.05, 3.63) is 28.7 Å². The van der Waals surface area contributed by atoms with Crippen molar-refractivity contribution < 1.29 is 4.74 Å². The van der Waals surface area contributed by atoms with Gasteiger partial charge in [-0.1, -0.05) is 41.3 Å². The lowest BCUT2D eigenvalue weighted by Gasteiger charge is -2.26. The fraction of sp³-hybridized carbons (Fsp3) is 0.625. The molecular formula is C16H24BrNO. The molecule has 2 rings (SSSR count). The van der Waals surface area contributed by atoms with Gasteiger partial charge in [-0.15, -0.1) is 0 Å². The van der Waals surface area contributed by atoms with Gasteiger partial charge in [0.15, 0.2) is 0 Å². The highest BCUT2D eigenvalue weighted by atomic mass is 79.9. The van der Waals surface area contributed by atoms with Gasteiger partial charge in [0, 0.05) is 17.6 Å². The second kappa shape index (κ2) is 7.91. The predicted molar refractivity (Wildman–Crippen MR) is 83.7 cm³/mol. The van der Waals surface area contributed by atoms with E-state index >= 15 is 0 Å². The third-order valence-electron chi connectivity index (χ3n) is 3.83. The Balaban J connectivity index is 1.64. The van der Waals surface area contributed by atoms with Crippen molar-refractivity contribution in [2.24, 2.45) is 5.92 Å². The molecule has 1 aromatic carbocycles. The van der Waals surface area contributed by atoms with Crippen LogP contribution in [0.3, 0.4) is 0 Å². The molecule has 0 aromatic heterocycles. The van der Waals surface area contributed by atoms with E-state index in [2.05, 4.69) is 27.9 Å². The van der Waals surface area contributed by atoms with Gasteiger partial charge in [0.1, 0.15) is 12.4 Å². The highest BCUT2D eigenvalue weighted by molar-refractivity contribution is 9.10. The van der Waals surface area contributed by atoms with Gasteiger partial charge in [-0.3, -0.25) is 0 Å². The summed E-state index contributed by atoms with van der Waals surface area (Å²) in [6.07, 6.45) is 7.11. The predicted octanol–water partition coefficient (Wildman–Crippen LogP) is 4.34. The molecule has 0 heterocycles. The average molecular weight is 326 g/mol. The maximum atomic E-state index is 5.77. The maximum absolute atomic E-state index is 5.77. The summed E-state index contributed by atoms with van der Waals surface area (Å²) in [6.45, 7) is 2.99. The monoisotopic (exact) mass is 325 g/mol. The molecule has 1 saturated carbocycles. The van der Waals surface area contributed by atoms with Crippen LogP contribution in [0.1, 0.15) is 32.1 Å². The van der Waals surface area contributed by atoms with Crippen LogP contribution in [-0.4, -0.2) is 31.6 Å². The molecule has 1 aliphatic carbocycles. The minimum Gasteiger partial charge on any atom is -0.492 e. The normalized spacial score (nSPS) is 16.8. The minimum absolute atomic E-state index is 0.764. The molecule has 0 aliphatic heterocycles. The van der Waals surface area contributed by atoms with Gasteiger partial charge in [0.2, 0.25) is 0 Å². The quantitative estimate of drug-likeness (QED) is 0.771. The van der Waals surface area contributed by atoms with E-state index in [1.54, 1.807) is 0 Å². The SMILES string of the molecule is CN(CCOc1cccc(Br)c1)CC1CCCCC1. The van der Waals surface area contributed by atoms with Gasteiger partial charge in [-0.05, 0) is 44.0 Å². The third-order valence-corrected chi connectivity index (χ3v) is 4.33. The van der Waals surface area contributed by atoms with E-state index in [0.29, 0.717) is 0 Å². The van der Waals surface area contributed by atoms with Crippen molar-refractivity contribution in [1.29, 1.82) is 0 Å². The smallest absolute Gasteiger partial charge is 0.120 e. The van der Waals surface area contributed by atoms with Gasteiger partial charge < -0.3 is 9.64 Å². The third kappa shape index (κ3) is 5.53. The summed E-state index contributed by atoms with van der Waals surface area (Å²) in [6, 6.07) is 8.04. The van der Waals surface area contributed by atoms with Crippen molar-refractivity contribution >= 4 is 15.9 Å². The van der Waals surface area contributed by atoms with Gasteiger partial charge >= 0.3 is 0 Å². The molecule has 0 radical (unpaired) electrons. The molecule has 0 spiro atoms. The Bertz CT molecular complexity index is 377. The summed E-state index contributed by atoms with van der Waals surface area (Å²) in [5.74, 6) is 1.85.